The van der Waals surface area contributed by atoms with Crippen molar-refractivity contribution in [2.75, 3.05) is 25.5 Å². The van der Waals surface area contributed by atoms with Gasteiger partial charge in [-0.25, -0.2) is 9.78 Å². The molecule has 0 bridgehead atoms. The number of ether oxygens (including phenoxy) is 2. The van der Waals surface area contributed by atoms with Gasteiger partial charge >= 0.3 is 6.09 Å². The SMILES string of the molecule is CC(C)(C)OC(=O)N1CCC[C@H]1c1cc(-c2cnc(N)c(-c3ccnnc3)c2)ccc1C1CCOCC1. The van der Waals surface area contributed by atoms with Gasteiger partial charge in [-0.3, -0.25) is 0 Å². The van der Waals surface area contributed by atoms with Crippen LogP contribution in [0.2, 0.25) is 0 Å². The number of benzene rings is 1. The predicted octanol–water partition coefficient (Wildman–Crippen LogP) is 5.75. The Kier molecular flexibility index (Phi) is 7.11. The third kappa shape index (κ3) is 5.59. The molecule has 2 aliphatic heterocycles. The molecule has 1 aromatic carbocycles. The van der Waals surface area contributed by atoms with Crippen LogP contribution in [0.4, 0.5) is 10.6 Å². The molecule has 2 aliphatic rings. The summed E-state index contributed by atoms with van der Waals surface area (Å²) in [6.07, 6.45) is 8.71. The summed E-state index contributed by atoms with van der Waals surface area (Å²) in [5, 5.41) is 7.86. The Morgan fingerprint density at radius 3 is 2.54 bits per heavy atom. The van der Waals surface area contributed by atoms with Crippen molar-refractivity contribution >= 4 is 11.9 Å². The quantitative estimate of drug-likeness (QED) is 0.485. The van der Waals surface area contributed by atoms with E-state index in [-0.39, 0.29) is 12.1 Å². The normalized spacial score (nSPS) is 18.7. The number of carbonyl (C=O) groups excluding carboxylic acids is 1. The maximum atomic E-state index is 13.2. The topological polar surface area (TPSA) is 103 Å². The fourth-order valence-corrected chi connectivity index (χ4v) is 5.37. The second-order valence-corrected chi connectivity index (χ2v) is 10.9. The minimum atomic E-state index is -0.538. The number of aromatic nitrogens is 3. The number of nitrogen functional groups attached to an aromatic ring is 1. The first kappa shape index (κ1) is 25.1. The minimum absolute atomic E-state index is 0.0294. The summed E-state index contributed by atoms with van der Waals surface area (Å²) in [4.78, 5) is 19.6. The number of rotatable bonds is 4. The second-order valence-electron chi connectivity index (χ2n) is 10.9. The van der Waals surface area contributed by atoms with Crippen LogP contribution in [0.15, 0.2) is 48.9 Å². The molecule has 0 saturated carbocycles. The van der Waals surface area contributed by atoms with Gasteiger partial charge in [0.1, 0.15) is 11.4 Å². The first-order chi connectivity index (χ1) is 17.8. The molecule has 0 aliphatic carbocycles. The van der Waals surface area contributed by atoms with E-state index in [1.54, 1.807) is 18.6 Å². The van der Waals surface area contributed by atoms with Gasteiger partial charge < -0.3 is 20.1 Å². The van der Waals surface area contributed by atoms with Crippen molar-refractivity contribution in [2.45, 2.75) is 64.0 Å². The highest BCUT2D eigenvalue weighted by Crippen LogP contribution is 2.42. The van der Waals surface area contributed by atoms with Gasteiger partial charge in [-0.05, 0) is 87.3 Å². The number of hydrogen-bond donors (Lipinski definition) is 1. The van der Waals surface area contributed by atoms with Crippen molar-refractivity contribution < 1.29 is 14.3 Å². The van der Waals surface area contributed by atoms with E-state index in [1.807, 2.05) is 37.8 Å². The largest absolute Gasteiger partial charge is 0.444 e. The molecule has 2 aromatic heterocycles. The second kappa shape index (κ2) is 10.5. The summed E-state index contributed by atoms with van der Waals surface area (Å²) in [5.41, 5.74) is 11.9. The molecular weight excluding hydrogens is 466 g/mol. The molecule has 8 nitrogen and oxygen atoms in total. The molecule has 3 aromatic rings. The maximum Gasteiger partial charge on any atom is 0.410 e. The average Bonchev–Trinajstić information content (AvgIpc) is 3.39. The standard InChI is InChI=1S/C29H35N5O3/c1-29(2,3)37-28(35)34-12-4-5-26(34)25-15-20(6-7-23(25)19-9-13-36-14-10-19)22-16-24(27(30)31-17-22)21-8-11-32-33-18-21/h6-8,11,15-19,26H,4-5,9-10,12-14H2,1-3H3,(H2,30,31)/t26-/m0/s1. The molecule has 4 heterocycles. The van der Waals surface area contributed by atoms with E-state index in [0.717, 1.165) is 61.2 Å². The summed E-state index contributed by atoms with van der Waals surface area (Å²) in [6, 6.07) is 10.5. The zero-order valence-electron chi connectivity index (χ0n) is 21.8. The lowest BCUT2D eigenvalue weighted by molar-refractivity contribution is 0.0222. The Morgan fingerprint density at radius 1 is 1.00 bits per heavy atom. The molecular formula is C29H35N5O3. The highest BCUT2D eigenvalue weighted by atomic mass is 16.6. The minimum Gasteiger partial charge on any atom is -0.444 e. The number of hydrogen-bond acceptors (Lipinski definition) is 7. The van der Waals surface area contributed by atoms with Crippen LogP contribution < -0.4 is 5.73 Å². The van der Waals surface area contributed by atoms with Crippen molar-refractivity contribution in [3.8, 4) is 22.3 Å². The number of pyridine rings is 1. The molecule has 0 spiro atoms. The lowest BCUT2D eigenvalue weighted by Crippen LogP contribution is -2.36. The van der Waals surface area contributed by atoms with Gasteiger partial charge in [-0.15, -0.1) is 0 Å². The van der Waals surface area contributed by atoms with Crippen LogP contribution in [0.25, 0.3) is 22.3 Å². The number of anilines is 1. The molecule has 8 heteroatoms. The first-order valence-electron chi connectivity index (χ1n) is 13.0. The van der Waals surface area contributed by atoms with Crippen molar-refractivity contribution in [1.29, 1.82) is 0 Å². The van der Waals surface area contributed by atoms with Gasteiger partial charge in [-0.1, -0.05) is 12.1 Å². The van der Waals surface area contributed by atoms with Gasteiger partial charge in [0.2, 0.25) is 0 Å². The molecule has 1 amide bonds. The number of nitrogens with two attached hydrogens (primary N) is 1. The summed E-state index contributed by atoms with van der Waals surface area (Å²) in [7, 11) is 0. The molecule has 2 saturated heterocycles. The molecule has 0 radical (unpaired) electrons. The molecule has 2 N–H and O–H groups in total. The molecule has 0 unspecified atom stereocenters. The smallest absolute Gasteiger partial charge is 0.410 e. The fourth-order valence-electron chi connectivity index (χ4n) is 5.37. The Hall–Kier alpha value is -3.52. The molecule has 5 rings (SSSR count). The van der Waals surface area contributed by atoms with Crippen molar-refractivity contribution in [2.24, 2.45) is 0 Å². The number of likely N-dealkylation sites (tertiary alicyclic amines) is 1. The van der Waals surface area contributed by atoms with Gasteiger partial charge in [-0.2, -0.15) is 10.2 Å². The van der Waals surface area contributed by atoms with E-state index in [2.05, 4.69) is 33.4 Å². The van der Waals surface area contributed by atoms with Crippen LogP contribution in [0.5, 0.6) is 0 Å². The van der Waals surface area contributed by atoms with Gasteiger partial charge in [0.25, 0.3) is 0 Å². The van der Waals surface area contributed by atoms with Crippen LogP contribution in [-0.4, -0.2) is 51.5 Å². The van der Waals surface area contributed by atoms with Gasteiger partial charge in [0.05, 0.1) is 18.4 Å². The third-order valence-corrected chi connectivity index (χ3v) is 7.13. The van der Waals surface area contributed by atoms with Crippen LogP contribution in [-0.2, 0) is 9.47 Å². The highest BCUT2D eigenvalue weighted by Gasteiger charge is 2.35. The number of nitrogens with zero attached hydrogens (tertiary/aromatic N) is 4. The Labute approximate surface area is 218 Å². The summed E-state index contributed by atoms with van der Waals surface area (Å²) in [5.74, 6) is 0.851. The molecule has 2 fully saturated rings. The van der Waals surface area contributed by atoms with Crippen molar-refractivity contribution in [3.63, 3.8) is 0 Å². The number of amides is 1. The summed E-state index contributed by atoms with van der Waals surface area (Å²) in [6.45, 7) is 7.95. The van der Waals surface area contributed by atoms with Crippen LogP contribution in [0.1, 0.15) is 69.5 Å². The summed E-state index contributed by atoms with van der Waals surface area (Å²) < 4.78 is 11.4. The molecule has 1 atom stereocenters. The van der Waals surface area contributed by atoms with Gasteiger partial charge in [0.15, 0.2) is 0 Å². The fraction of sp³-hybridized carbons (Fsp3) is 0.448. The first-order valence-corrected chi connectivity index (χ1v) is 13.0. The van der Waals surface area contributed by atoms with E-state index in [1.165, 1.54) is 11.1 Å². The zero-order chi connectivity index (χ0) is 26.0. The van der Waals surface area contributed by atoms with Gasteiger partial charge in [0, 0.05) is 42.6 Å². The maximum absolute atomic E-state index is 13.2. The predicted molar refractivity (Wildman–Crippen MR) is 143 cm³/mol. The van der Waals surface area contributed by atoms with E-state index >= 15 is 0 Å². The average molecular weight is 502 g/mol. The zero-order valence-corrected chi connectivity index (χ0v) is 21.8. The van der Waals surface area contributed by atoms with Crippen LogP contribution in [0, 0.1) is 0 Å². The van der Waals surface area contributed by atoms with E-state index < -0.39 is 5.60 Å². The Bertz CT molecular complexity index is 1250. The Balaban J connectivity index is 1.56. The van der Waals surface area contributed by atoms with E-state index in [0.29, 0.717) is 18.3 Å². The lowest BCUT2D eigenvalue weighted by Gasteiger charge is -2.32. The van der Waals surface area contributed by atoms with Crippen molar-refractivity contribution in [1.82, 2.24) is 20.1 Å². The van der Waals surface area contributed by atoms with Crippen molar-refractivity contribution in [3.05, 3.63) is 60.0 Å². The highest BCUT2D eigenvalue weighted by molar-refractivity contribution is 5.79. The number of carbonyl (C=O) groups is 1. The van der Waals surface area contributed by atoms with Crippen LogP contribution in [0.3, 0.4) is 0 Å². The monoisotopic (exact) mass is 501 g/mol. The van der Waals surface area contributed by atoms with E-state index in [4.69, 9.17) is 15.2 Å². The van der Waals surface area contributed by atoms with Crippen LogP contribution >= 0.6 is 0 Å². The molecule has 194 valence electrons. The molecule has 37 heavy (non-hydrogen) atoms. The lowest BCUT2D eigenvalue weighted by atomic mass is 9.83. The third-order valence-electron chi connectivity index (χ3n) is 7.13. The Morgan fingerprint density at radius 2 is 1.81 bits per heavy atom. The van der Waals surface area contributed by atoms with E-state index in [9.17, 15) is 4.79 Å². The summed E-state index contributed by atoms with van der Waals surface area (Å²) >= 11 is 0.